The highest BCUT2D eigenvalue weighted by Gasteiger charge is 2.27. The van der Waals surface area contributed by atoms with Crippen LogP contribution in [0.15, 0.2) is 18.2 Å². The summed E-state index contributed by atoms with van der Waals surface area (Å²) in [6, 6.07) is 7.05. The average Bonchev–Trinajstić information content (AvgIpc) is 2.74. The lowest BCUT2D eigenvalue weighted by Crippen LogP contribution is -2.16. The molecule has 1 unspecified atom stereocenters. The van der Waals surface area contributed by atoms with Crippen molar-refractivity contribution in [1.29, 1.82) is 0 Å². The van der Waals surface area contributed by atoms with E-state index in [1.807, 2.05) is 0 Å². The van der Waals surface area contributed by atoms with Gasteiger partial charge in [-0.2, -0.15) is 0 Å². The Morgan fingerprint density at radius 2 is 1.94 bits per heavy atom. The maximum atomic E-state index is 3.88. The fourth-order valence-corrected chi connectivity index (χ4v) is 2.99. The van der Waals surface area contributed by atoms with Gasteiger partial charge in [0, 0.05) is 4.83 Å². The van der Waals surface area contributed by atoms with Crippen molar-refractivity contribution < 1.29 is 0 Å². The molecule has 1 atom stereocenters. The van der Waals surface area contributed by atoms with Crippen molar-refractivity contribution in [1.82, 2.24) is 0 Å². The number of halogens is 1. The minimum Gasteiger partial charge on any atom is -0.0833 e. The monoisotopic (exact) mass is 280 g/mol. The maximum absolute atomic E-state index is 3.88. The van der Waals surface area contributed by atoms with Crippen LogP contribution in [0.3, 0.4) is 0 Å². The van der Waals surface area contributed by atoms with Gasteiger partial charge in [0.25, 0.3) is 0 Å². The highest BCUT2D eigenvalue weighted by atomic mass is 79.9. The predicted molar refractivity (Wildman–Crippen MR) is 74.2 cm³/mol. The Hall–Kier alpha value is -0.300. The zero-order valence-corrected chi connectivity index (χ0v) is 12.1. The molecule has 0 saturated carbocycles. The van der Waals surface area contributed by atoms with Gasteiger partial charge in [-0.3, -0.25) is 0 Å². The Morgan fingerprint density at radius 3 is 2.62 bits per heavy atom. The molecule has 0 aromatic heterocycles. The third-order valence-corrected chi connectivity index (χ3v) is 5.78. The second-order valence-electron chi connectivity index (χ2n) is 5.59. The van der Waals surface area contributed by atoms with Crippen LogP contribution in [0.5, 0.6) is 0 Å². The first-order chi connectivity index (χ1) is 7.54. The largest absolute Gasteiger partial charge is 0.0833 e. The highest BCUT2D eigenvalue weighted by molar-refractivity contribution is 9.09. The maximum Gasteiger partial charge on any atom is 0.0446 e. The number of alkyl halides is 1. The molecule has 88 valence electrons. The van der Waals surface area contributed by atoms with Crippen molar-refractivity contribution in [2.24, 2.45) is 5.41 Å². The SMILES string of the molecule is CCC(C)(C)C(Br)c1ccc2c(c1)CCC2. The zero-order chi connectivity index (χ0) is 11.8. The van der Waals surface area contributed by atoms with E-state index in [9.17, 15) is 0 Å². The van der Waals surface area contributed by atoms with Crippen LogP contribution in [0.1, 0.15) is 55.1 Å². The van der Waals surface area contributed by atoms with E-state index in [1.54, 1.807) is 11.1 Å². The number of hydrogen-bond donors (Lipinski definition) is 0. The predicted octanol–water partition coefficient (Wildman–Crippen LogP) is 5.05. The van der Waals surface area contributed by atoms with Gasteiger partial charge in [-0.05, 0) is 47.8 Å². The second-order valence-corrected chi connectivity index (χ2v) is 6.50. The van der Waals surface area contributed by atoms with Crippen LogP contribution >= 0.6 is 15.9 Å². The summed E-state index contributed by atoms with van der Waals surface area (Å²) < 4.78 is 0. The normalized spacial score (nSPS) is 17.2. The van der Waals surface area contributed by atoms with Gasteiger partial charge in [-0.25, -0.2) is 0 Å². The molecule has 0 nitrogen and oxygen atoms in total. The molecule has 2 rings (SSSR count). The summed E-state index contributed by atoms with van der Waals surface area (Å²) in [5, 5.41) is 0. The van der Waals surface area contributed by atoms with E-state index < -0.39 is 0 Å². The van der Waals surface area contributed by atoms with Crippen LogP contribution in [0, 0.1) is 5.41 Å². The first-order valence-electron chi connectivity index (χ1n) is 6.30. The van der Waals surface area contributed by atoms with Gasteiger partial charge in [0.1, 0.15) is 0 Å². The first-order valence-corrected chi connectivity index (χ1v) is 7.22. The molecular weight excluding hydrogens is 260 g/mol. The van der Waals surface area contributed by atoms with E-state index in [2.05, 4.69) is 54.9 Å². The quantitative estimate of drug-likeness (QED) is 0.680. The van der Waals surface area contributed by atoms with Crippen LogP contribution in [0.25, 0.3) is 0 Å². The van der Waals surface area contributed by atoms with Gasteiger partial charge in [0.05, 0.1) is 0 Å². The van der Waals surface area contributed by atoms with Crippen molar-refractivity contribution >= 4 is 15.9 Å². The van der Waals surface area contributed by atoms with Gasteiger partial charge in [-0.1, -0.05) is 54.9 Å². The fraction of sp³-hybridized carbons (Fsp3) is 0.600. The van der Waals surface area contributed by atoms with Crippen LogP contribution in [-0.2, 0) is 12.8 Å². The molecule has 1 aromatic carbocycles. The van der Waals surface area contributed by atoms with E-state index in [-0.39, 0.29) is 0 Å². The fourth-order valence-electron chi connectivity index (χ4n) is 2.38. The molecule has 1 heteroatoms. The number of hydrogen-bond acceptors (Lipinski definition) is 0. The lowest BCUT2D eigenvalue weighted by molar-refractivity contribution is 0.346. The molecule has 1 aliphatic carbocycles. The van der Waals surface area contributed by atoms with E-state index >= 15 is 0 Å². The van der Waals surface area contributed by atoms with Gasteiger partial charge in [0.15, 0.2) is 0 Å². The number of aryl methyl sites for hydroxylation is 2. The van der Waals surface area contributed by atoms with Crippen molar-refractivity contribution in [2.45, 2.75) is 51.3 Å². The summed E-state index contributed by atoms with van der Waals surface area (Å²) >= 11 is 3.88. The zero-order valence-electron chi connectivity index (χ0n) is 10.5. The average molecular weight is 281 g/mol. The van der Waals surface area contributed by atoms with E-state index in [0.29, 0.717) is 10.2 Å². The molecular formula is C15H21Br. The molecule has 0 fully saturated rings. The van der Waals surface area contributed by atoms with Crippen LogP contribution < -0.4 is 0 Å². The molecule has 0 heterocycles. The Labute approximate surface area is 108 Å². The van der Waals surface area contributed by atoms with E-state index in [0.717, 1.165) is 0 Å². The summed E-state index contributed by atoms with van der Waals surface area (Å²) in [7, 11) is 0. The minimum atomic E-state index is 0.326. The number of fused-ring (bicyclic) bond motifs is 1. The third kappa shape index (κ3) is 2.20. The number of benzene rings is 1. The van der Waals surface area contributed by atoms with Gasteiger partial charge in [-0.15, -0.1) is 0 Å². The molecule has 1 aliphatic rings. The molecule has 0 saturated heterocycles. The summed E-state index contributed by atoms with van der Waals surface area (Å²) in [4.78, 5) is 0.468. The summed E-state index contributed by atoms with van der Waals surface area (Å²) in [6.07, 6.45) is 5.08. The molecule has 0 radical (unpaired) electrons. The van der Waals surface area contributed by atoms with Crippen LogP contribution in [0.2, 0.25) is 0 Å². The molecule has 0 aliphatic heterocycles. The summed E-state index contributed by atoms with van der Waals surface area (Å²) in [6.45, 7) is 6.93. The van der Waals surface area contributed by atoms with Crippen molar-refractivity contribution in [3.63, 3.8) is 0 Å². The van der Waals surface area contributed by atoms with E-state index in [4.69, 9.17) is 0 Å². The standard InChI is InChI=1S/C15H21Br/c1-4-15(2,3)14(16)13-9-8-11-6-5-7-12(11)10-13/h8-10,14H,4-7H2,1-3H3. The van der Waals surface area contributed by atoms with Gasteiger partial charge >= 0.3 is 0 Å². The molecule has 0 bridgehead atoms. The molecule has 0 amide bonds. The van der Waals surface area contributed by atoms with Crippen LogP contribution in [0.4, 0.5) is 0 Å². The lowest BCUT2D eigenvalue weighted by atomic mass is 9.82. The Kier molecular flexibility index (Phi) is 3.44. The van der Waals surface area contributed by atoms with Crippen LogP contribution in [-0.4, -0.2) is 0 Å². The van der Waals surface area contributed by atoms with Gasteiger partial charge < -0.3 is 0 Å². The van der Waals surface area contributed by atoms with Gasteiger partial charge in [0.2, 0.25) is 0 Å². The number of rotatable bonds is 3. The topological polar surface area (TPSA) is 0 Å². The van der Waals surface area contributed by atoms with Crippen molar-refractivity contribution in [2.75, 3.05) is 0 Å². The molecule has 0 N–H and O–H groups in total. The third-order valence-electron chi connectivity index (χ3n) is 4.01. The Balaban J connectivity index is 2.28. The second kappa shape index (κ2) is 4.52. The molecule has 1 aromatic rings. The van der Waals surface area contributed by atoms with E-state index in [1.165, 1.54) is 31.2 Å². The molecule has 16 heavy (non-hydrogen) atoms. The minimum absolute atomic E-state index is 0.326. The first kappa shape index (κ1) is 12.2. The van der Waals surface area contributed by atoms with Crippen molar-refractivity contribution in [3.8, 4) is 0 Å². The molecule has 0 spiro atoms. The summed E-state index contributed by atoms with van der Waals surface area (Å²) in [5.41, 5.74) is 4.92. The van der Waals surface area contributed by atoms with Crippen molar-refractivity contribution in [3.05, 3.63) is 34.9 Å². The summed E-state index contributed by atoms with van der Waals surface area (Å²) in [5.74, 6) is 0. The smallest absolute Gasteiger partial charge is 0.0446 e. The lowest BCUT2D eigenvalue weighted by Gasteiger charge is -2.29. The Morgan fingerprint density at radius 1 is 1.25 bits per heavy atom. The highest BCUT2D eigenvalue weighted by Crippen LogP contribution is 2.43. The Bertz CT molecular complexity index is 379.